The lowest BCUT2D eigenvalue weighted by Gasteiger charge is -2.32. The molecule has 4 rings (SSSR count). The standard InChI is InChI=1S/C21H25N7O2/c1-30-18-6-2-4-16(10-18)7-8-23-21(29)17-5-3-9-27(12-17)19-11-20(25-14-24-19)28-15-22-13-26-28/h2,4,6,10-11,13-15,17H,3,5,7-9,12H2,1H3,(H,23,29). The molecule has 1 N–H and O–H groups in total. The van der Waals surface area contributed by atoms with Gasteiger partial charge in [0.1, 0.15) is 30.5 Å². The van der Waals surface area contributed by atoms with E-state index in [2.05, 4.69) is 30.3 Å². The first-order valence-electron chi connectivity index (χ1n) is 10.1. The first kappa shape index (κ1) is 19.8. The van der Waals surface area contributed by atoms with Gasteiger partial charge in [0, 0.05) is 25.7 Å². The van der Waals surface area contributed by atoms with Gasteiger partial charge >= 0.3 is 0 Å². The van der Waals surface area contributed by atoms with Crippen molar-refractivity contribution in [3.05, 3.63) is 54.9 Å². The molecule has 1 atom stereocenters. The van der Waals surface area contributed by atoms with Crippen molar-refractivity contribution in [3.8, 4) is 11.6 Å². The summed E-state index contributed by atoms with van der Waals surface area (Å²) in [5.74, 6) is 2.31. The van der Waals surface area contributed by atoms with Crippen LogP contribution in [0.25, 0.3) is 5.82 Å². The van der Waals surface area contributed by atoms with Crippen LogP contribution in [-0.4, -0.2) is 57.4 Å². The topological polar surface area (TPSA) is 98.1 Å². The fourth-order valence-electron chi connectivity index (χ4n) is 3.66. The van der Waals surface area contributed by atoms with Gasteiger partial charge in [0.25, 0.3) is 0 Å². The number of carbonyl (C=O) groups is 1. The van der Waals surface area contributed by atoms with Gasteiger partial charge in [0.05, 0.1) is 13.0 Å². The predicted octanol–water partition coefficient (Wildman–Crippen LogP) is 1.64. The number of carbonyl (C=O) groups excluding carboxylic acids is 1. The van der Waals surface area contributed by atoms with Crippen molar-refractivity contribution in [1.29, 1.82) is 0 Å². The number of hydrogen-bond donors (Lipinski definition) is 1. The second-order valence-corrected chi connectivity index (χ2v) is 7.25. The minimum atomic E-state index is -0.0613. The number of rotatable bonds is 7. The van der Waals surface area contributed by atoms with Gasteiger partial charge in [-0.15, -0.1) is 0 Å². The minimum Gasteiger partial charge on any atom is -0.497 e. The van der Waals surface area contributed by atoms with Crippen molar-refractivity contribution >= 4 is 11.7 Å². The van der Waals surface area contributed by atoms with Crippen molar-refractivity contribution in [2.45, 2.75) is 19.3 Å². The minimum absolute atomic E-state index is 0.0613. The summed E-state index contributed by atoms with van der Waals surface area (Å²) in [5.41, 5.74) is 1.14. The van der Waals surface area contributed by atoms with E-state index in [1.807, 2.05) is 30.3 Å². The van der Waals surface area contributed by atoms with Crippen LogP contribution >= 0.6 is 0 Å². The monoisotopic (exact) mass is 407 g/mol. The van der Waals surface area contributed by atoms with Crippen molar-refractivity contribution in [3.63, 3.8) is 0 Å². The molecule has 9 heteroatoms. The number of methoxy groups -OCH3 is 1. The highest BCUT2D eigenvalue weighted by molar-refractivity contribution is 5.79. The van der Waals surface area contributed by atoms with E-state index >= 15 is 0 Å². The smallest absolute Gasteiger partial charge is 0.224 e. The van der Waals surface area contributed by atoms with Crippen molar-refractivity contribution in [2.24, 2.45) is 5.92 Å². The number of piperidine rings is 1. The van der Waals surface area contributed by atoms with Gasteiger partial charge in [-0.2, -0.15) is 5.10 Å². The zero-order valence-electron chi connectivity index (χ0n) is 16.9. The molecule has 1 aromatic carbocycles. The number of ether oxygens (including phenoxy) is 1. The van der Waals surface area contributed by atoms with Crippen molar-refractivity contribution < 1.29 is 9.53 Å². The van der Waals surface area contributed by atoms with Gasteiger partial charge in [-0.3, -0.25) is 4.79 Å². The van der Waals surface area contributed by atoms with Crippen molar-refractivity contribution in [1.82, 2.24) is 30.0 Å². The maximum absolute atomic E-state index is 12.7. The Morgan fingerprint density at radius 3 is 2.97 bits per heavy atom. The SMILES string of the molecule is COc1cccc(CCNC(=O)C2CCCN(c3cc(-n4cncn4)ncn3)C2)c1. The van der Waals surface area contributed by atoms with E-state index < -0.39 is 0 Å². The highest BCUT2D eigenvalue weighted by Gasteiger charge is 2.26. The molecular weight excluding hydrogens is 382 g/mol. The molecule has 1 unspecified atom stereocenters. The van der Waals surface area contributed by atoms with Crippen LogP contribution in [0.3, 0.4) is 0 Å². The third-order valence-electron chi connectivity index (χ3n) is 5.25. The number of aromatic nitrogens is 5. The van der Waals surface area contributed by atoms with Crippen molar-refractivity contribution in [2.75, 3.05) is 31.6 Å². The molecule has 1 aliphatic heterocycles. The number of nitrogens with one attached hydrogen (secondary N) is 1. The largest absolute Gasteiger partial charge is 0.497 e. The predicted molar refractivity (Wildman–Crippen MR) is 112 cm³/mol. The molecule has 0 radical (unpaired) electrons. The quantitative estimate of drug-likeness (QED) is 0.636. The van der Waals surface area contributed by atoms with Gasteiger partial charge < -0.3 is 15.0 Å². The van der Waals surface area contributed by atoms with E-state index in [-0.39, 0.29) is 11.8 Å². The molecule has 30 heavy (non-hydrogen) atoms. The summed E-state index contributed by atoms with van der Waals surface area (Å²) in [6, 6.07) is 9.79. The van der Waals surface area contributed by atoms with Gasteiger partial charge in [0.15, 0.2) is 5.82 Å². The van der Waals surface area contributed by atoms with Gasteiger partial charge in [0.2, 0.25) is 5.91 Å². The Bertz CT molecular complexity index is 977. The number of nitrogens with zero attached hydrogens (tertiary/aromatic N) is 6. The van der Waals surface area contributed by atoms with Crippen LogP contribution in [0.2, 0.25) is 0 Å². The van der Waals surface area contributed by atoms with E-state index in [1.54, 1.807) is 18.1 Å². The molecule has 1 saturated heterocycles. The summed E-state index contributed by atoms with van der Waals surface area (Å²) in [5, 5.41) is 7.19. The third kappa shape index (κ3) is 4.73. The van der Waals surface area contributed by atoms with E-state index in [4.69, 9.17) is 4.74 Å². The lowest BCUT2D eigenvalue weighted by atomic mass is 9.97. The van der Waals surface area contributed by atoms with Gasteiger partial charge in [-0.1, -0.05) is 12.1 Å². The fourth-order valence-corrected chi connectivity index (χ4v) is 3.66. The van der Waals surface area contributed by atoms with Crippen LogP contribution in [0.4, 0.5) is 5.82 Å². The number of benzene rings is 1. The molecule has 0 bridgehead atoms. The molecule has 0 saturated carbocycles. The van der Waals surface area contributed by atoms with Crippen LogP contribution in [0.5, 0.6) is 5.75 Å². The number of hydrogen-bond acceptors (Lipinski definition) is 7. The lowest BCUT2D eigenvalue weighted by Crippen LogP contribution is -2.43. The Hall–Kier alpha value is -3.49. The first-order chi connectivity index (χ1) is 14.7. The summed E-state index contributed by atoms with van der Waals surface area (Å²) >= 11 is 0. The molecule has 156 valence electrons. The molecule has 9 nitrogen and oxygen atoms in total. The Kier molecular flexibility index (Phi) is 6.17. The molecule has 1 aliphatic rings. The second-order valence-electron chi connectivity index (χ2n) is 7.25. The number of anilines is 1. The summed E-state index contributed by atoms with van der Waals surface area (Å²) < 4.78 is 6.85. The maximum Gasteiger partial charge on any atom is 0.224 e. The molecule has 0 aliphatic carbocycles. The van der Waals surface area contributed by atoms with Gasteiger partial charge in [-0.25, -0.2) is 19.6 Å². The zero-order valence-corrected chi connectivity index (χ0v) is 16.9. The molecule has 1 amide bonds. The molecule has 1 fully saturated rings. The Labute approximate surface area is 175 Å². The summed E-state index contributed by atoms with van der Waals surface area (Å²) in [7, 11) is 1.66. The van der Waals surface area contributed by atoms with E-state index in [0.717, 1.165) is 42.9 Å². The highest BCUT2D eigenvalue weighted by atomic mass is 16.5. The van der Waals surface area contributed by atoms with Gasteiger partial charge in [-0.05, 0) is 37.0 Å². The summed E-state index contributed by atoms with van der Waals surface area (Å²) in [6.45, 7) is 2.10. The van der Waals surface area contributed by atoms with E-state index in [0.29, 0.717) is 18.9 Å². The molecule has 0 spiro atoms. The van der Waals surface area contributed by atoms with E-state index in [1.165, 1.54) is 12.7 Å². The van der Waals surface area contributed by atoms with Crippen LogP contribution < -0.4 is 15.0 Å². The van der Waals surface area contributed by atoms with Crippen LogP contribution in [0.15, 0.2) is 49.3 Å². The summed E-state index contributed by atoms with van der Waals surface area (Å²) in [6.07, 6.45) is 7.17. The highest BCUT2D eigenvalue weighted by Crippen LogP contribution is 2.22. The second kappa shape index (κ2) is 9.34. The van der Waals surface area contributed by atoms with Crippen LogP contribution in [-0.2, 0) is 11.2 Å². The fraction of sp³-hybridized carbons (Fsp3) is 0.381. The molecule has 3 aromatic rings. The Balaban J connectivity index is 1.33. The zero-order chi connectivity index (χ0) is 20.8. The van der Waals surface area contributed by atoms with Crippen LogP contribution in [0.1, 0.15) is 18.4 Å². The molecule has 3 heterocycles. The Morgan fingerprint density at radius 1 is 1.23 bits per heavy atom. The molecule has 2 aromatic heterocycles. The number of amides is 1. The van der Waals surface area contributed by atoms with Crippen LogP contribution in [0, 0.1) is 5.92 Å². The summed E-state index contributed by atoms with van der Waals surface area (Å²) in [4.78, 5) is 27.5. The normalized spacial score (nSPS) is 16.3. The first-order valence-corrected chi connectivity index (χ1v) is 10.1. The Morgan fingerprint density at radius 2 is 2.13 bits per heavy atom. The maximum atomic E-state index is 12.7. The third-order valence-corrected chi connectivity index (χ3v) is 5.25. The van der Waals surface area contributed by atoms with E-state index in [9.17, 15) is 4.79 Å². The average Bonchev–Trinajstić information content (AvgIpc) is 3.34. The molecular formula is C21H25N7O2. The lowest BCUT2D eigenvalue weighted by molar-refractivity contribution is -0.125. The average molecular weight is 407 g/mol.